The Kier molecular flexibility index (Phi) is 6.76. The standard InChI is InChI=1S/C26H34N6/c1-5-6-10-16-31(4)19-26(2,3)18-27-24-22(20-14-11-15-20)17-23-28-29-25(32(23)30-24)21-12-8-7-9-13-21/h1,7-9,12-13,17,20H,6,10-11,14-16,18-19H2,2-4H3,(H,27,30). The van der Waals surface area contributed by atoms with Crippen molar-refractivity contribution in [3.63, 3.8) is 0 Å². The van der Waals surface area contributed by atoms with Crippen LogP contribution in [0.1, 0.15) is 57.4 Å². The molecule has 0 amide bonds. The fraction of sp³-hybridized carbons (Fsp3) is 0.500. The second kappa shape index (κ2) is 9.70. The number of terminal acetylenes is 1. The van der Waals surface area contributed by atoms with E-state index in [1.165, 1.54) is 24.8 Å². The third-order valence-corrected chi connectivity index (χ3v) is 6.29. The van der Waals surface area contributed by atoms with Gasteiger partial charge in [0, 0.05) is 30.6 Å². The molecule has 6 nitrogen and oxygen atoms in total. The highest BCUT2D eigenvalue weighted by Gasteiger charge is 2.27. The van der Waals surface area contributed by atoms with Gasteiger partial charge >= 0.3 is 0 Å². The summed E-state index contributed by atoms with van der Waals surface area (Å²) in [6.07, 6.45) is 11.0. The molecular formula is C26H34N6. The predicted molar refractivity (Wildman–Crippen MR) is 131 cm³/mol. The largest absolute Gasteiger partial charge is 0.368 e. The number of nitrogens with one attached hydrogen (secondary N) is 1. The molecule has 0 spiro atoms. The molecule has 0 unspecified atom stereocenters. The van der Waals surface area contributed by atoms with Gasteiger partial charge in [-0.2, -0.15) is 4.52 Å². The van der Waals surface area contributed by atoms with Crippen molar-refractivity contribution in [2.75, 3.05) is 32.0 Å². The Labute approximate surface area is 191 Å². The third-order valence-electron chi connectivity index (χ3n) is 6.29. The number of rotatable bonds is 10. The monoisotopic (exact) mass is 430 g/mol. The van der Waals surface area contributed by atoms with E-state index in [1.807, 2.05) is 34.8 Å². The maximum Gasteiger partial charge on any atom is 0.185 e. The molecule has 1 aromatic carbocycles. The van der Waals surface area contributed by atoms with E-state index in [1.54, 1.807) is 0 Å². The average Bonchev–Trinajstić information content (AvgIpc) is 3.14. The maximum atomic E-state index is 5.39. The van der Waals surface area contributed by atoms with Gasteiger partial charge in [-0.05, 0) is 50.3 Å². The third kappa shape index (κ3) is 5.11. The molecule has 0 bridgehead atoms. The van der Waals surface area contributed by atoms with E-state index >= 15 is 0 Å². The molecule has 0 radical (unpaired) electrons. The van der Waals surface area contributed by atoms with Crippen LogP contribution in [0, 0.1) is 17.8 Å². The van der Waals surface area contributed by atoms with Gasteiger partial charge in [-0.15, -0.1) is 27.6 Å². The van der Waals surface area contributed by atoms with Gasteiger partial charge in [0.15, 0.2) is 17.3 Å². The second-order valence-electron chi connectivity index (χ2n) is 9.80. The molecule has 6 heteroatoms. The van der Waals surface area contributed by atoms with Crippen LogP contribution in [0.3, 0.4) is 0 Å². The Morgan fingerprint density at radius 2 is 2.00 bits per heavy atom. The lowest BCUT2D eigenvalue weighted by atomic mass is 9.80. The summed E-state index contributed by atoms with van der Waals surface area (Å²) in [5.41, 5.74) is 3.19. The zero-order valence-corrected chi connectivity index (χ0v) is 19.5. The highest BCUT2D eigenvalue weighted by molar-refractivity contribution is 5.61. The molecule has 1 saturated carbocycles. The number of fused-ring (bicyclic) bond motifs is 1. The van der Waals surface area contributed by atoms with E-state index in [4.69, 9.17) is 11.5 Å². The van der Waals surface area contributed by atoms with Gasteiger partial charge in [0.25, 0.3) is 0 Å². The van der Waals surface area contributed by atoms with Gasteiger partial charge in [0.05, 0.1) is 0 Å². The summed E-state index contributed by atoms with van der Waals surface area (Å²) in [4.78, 5) is 2.37. The first kappa shape index (κ1) is 22.3. The molecule has 168 valence electrons. The average molecular weight is 431 g/mol. The van der Waals surface area contributed by atoms with Crippen molar-refractivity contribution in [2.45, 2.75) is 51.9 Å². The smallest absolute Gasteiger partial charge is 0.185 e. The number of aromatic nitrogens is 4. The zero-order chi connectivity index (χ0) is 22.6. The first-order valence-corrected chi connectivity index (χ1v) is 11.6. The maximum absolute atomic E-state index is 5.39. The molecule has 1 aliphatic rings. The Bertz CT molecular complexity index is 1070. The van der Waals surface area contributed by atoms with E-state index in [0.717, 1.165) is 55.3 Å². The fourth-order valence-electron chi connectivity index (χ4n) is 4.42. The summed E-state index contributed by atoms with van der Waals surface area (Å²) in [5.74, 6) is 5.02. The molecule has 1 fully saturated rings. The topological polar surface area (TPSA) is 58.4 Å². The first-order chi connectivity index (χ1) is 15.5. The molecule has 32 heavy (non-hydrogen) atoms. The lowest BCUT2D eigenvalue weighted by Crippen LogP contribution is -2.37. The molecule has 3 aromatic rings. The highest BCUT2D eigenvalue weighted by atomic mass is 15.4. The number of anilines is 1. The number of nitrogens with zero attached hydrogens (tertiary/aromatic N) is 5. The van der Waals surface area contributed by atoms with E-state index in [0.29, 0.717) is 5.92 Å². The van der Waals surface area contributed by atoms with Gasteiger partial charge in [-0.25, -0.2) is 0 Å². The molecule has 0 atom stereocenters. The Morgan fingerprint density at radius 3 is 2.69 bits per heavy atom. The van der Waals surface area contributed by atoms with Gasteiger partial charge in [0.2, 0.25) is 0 Å². The molecular weight excluding hydrogens is 396 g/mol. The van der Waals surface area contributed by atoms with Crippen molar-refractivity contribution in [1.82, 2.24) is 24.7 Å². The number of unbranched alkanes of at least 4 members (excludes halogenated alkanes) is 1. The summed E-state index contributed by atoms with van der Waals surface area (Å²) in [7, 11) is 2.17. The van der Waals surface area contributed by atoms with Crippen LogP contribution in [0.2, 0.25) is 0 Å². The molecule has 1 aliphatic carbocycles. The molecule has 0 aliphatic heterocycles. The lowest BCUT2D eigenvalue weighted by Gasteiger charge is -2.32. The molecule has 2 heterocycles. The number of hydrogen-bond acceptors (Lipinski definition) is 5. The van der Waals surface area contributed by atoms with Crippen LogP contribution in [0.4, 0.5) is 5.82 Å². The summed E-state index contributed by atoms with van der Waals surface area (Å²) in [5, 5.41) is 17.6. The van der Waals surface area contributed by atoms with Crippen LogP contribution in [0.5, 0.6) is 0 Å². The van der Waals surface area contributed by atoms with Crippen LogP contribution >= 0.6 is 0 Å². The van der Waals surface area contributed by atoms with Gasteiger partial charge < -0.3 is 10.2 Å². The first-order valence-electron chi connectivity index (χ1n) is 11.6. The van der Waals surface area contributed by atoms with Crippen molar-refractivity contribution in [1.29, 1.82) is 0 Å². The van der Waals surface area contributed by atoms with E-state index in [2.05, 4.69) is 53.3 Å². The van der Waals surface area contributed by atoms with Crippen LogP contribution in [0.25, 0.3) is 17.0 Å². The number of hydrogen-bond donors (Lipinski definition) is 1. The SMILES string of the molecule is C#CCCCN(C)CC(C)(C)CNc1nn2c(-c3ccccc3)nnc2cc1C1CCC1. The Hall–Kier alpha value is -2.91. The Balaban J connectivity index is 1.55. The molecule has 1 N–H and O–H groups in total. The van der Waals surface area contributed by atoms with Crippen molar-refractivity contribution in [3.8, 4) is 23.7 Å². The van der Waals surface area contributed by atoms with E-state index in [-0.39, 0.29) is 5.41 Å². The van der Waals surface area contributed by atoms with Gasteiger partial charge in [-0.3, -0.25) is 0 Å². The minimum absolute atomic E-state index is 0.0911. The summed E-state index contributed by atoms with van der Waals surface area (Å²) in [6, 6.07) is 12.3. The minimum atomic E-state index is 0.0911. The quantitative estimate of drug-likeness (QED) is 0.368. The number of benzene rings is 1. The van der Waals surface area contributed by atoms with Crippen molar-refractivity contribution in [3.05, 3.63) is 42.0 Å². The molecule has 0 saturated heterocycles. The Morgan fingerprint density at radius 1 is 1.22 bits per heavy atom. The zero-order valence-electron chi connectivity index (χ0n) is 19.5. The van der Waals surface area contributed by atoms with Crippen molar-refractivity contribution >= 4 is 11.5 Å². The van der Waals surface area contributed by atoms with E-state index in [9.17, 15) is 0 Å². The van der Waals surface area contributed by atoms with Crippen LogP contribution < -0.4 is 5.32 Å². The second-order valence-corrected chi connectivity index (χ2v) is 9.80. The minimum Gasteiger partial charge on any atom is -0.368 e. The predicted octanol–water partition coefficient (Wildman–Crippen LogP) is 4.84. The van der Waals surface area contributed by atoms with Crippen LogP contribution in [-0.2, 0) is 0 Å². The summed E-state index contributed by atoms with van der Waals surface area (Å²) < 4.78 is 1.87. The van der Waals surface area contributed by atoms with Gasteiger partial charge in [-0.1, -0.05) is 50.6 Å². The fourth-order valence-corrected chi connectivity index (χ4v) is 4.42. The van der Waals surface area contributed by atoms with Crippen LogP contribution in [-0.4, -0.2) is 51.4 Å². The van der Waals surface area contributed by atoms with E-state index < -0.39 is 0 Å². The van der Waals surface area contributed by atoms with Gasteiger partial charge in [0.1, 0.15) is 0 Å². The van der Waals surface area contributed by atoms with Crippen molar-refractivity contribution in [2.24, 2.45) is 5.41 Å². The normalized spacial score (nSPS) is 14.5. The lowest BCUT2D eigenvalue weighted by molar-refractivity contribution is 0.219. The molecule has 2 aromatic heterocycles. The molecule has 4 rings (SSSR count). The van der Waals surface area contributed by atoms with Crippen molar-refractivity contribution < 1.29 is 0 Å². The summed E-state index contributed by atoms with van der Waals surface area (Å²) >= 11 is 0. The van der Waals surface area contributed by atoms with Crippen LogP contribution in [0.15, 0.2) is 36.4 Å². The summed E-state index contributed by atoms with van der Waals surface area (Å²) in [6.45, 7) is 7.45. The highest BCUT2D eigenvalue weighted by Crippen LogP contribution is 2.40.